The Bertz CT molecular complexity index is 720. The van der Waals surface area contributed by atoms with E-state index in [-0.39, 0.29) is 11.5 Å². The summed E-state index contributed by atoms with van der Waals surface area (Å²) >= 11 is 0. The van der Waals surface area contributed by atoms with Gasteiger partial charge in [0.1, 0.15) is 5.60 Å². The molecule has 0 radical (unpaired) electrons. The molecule has 0 saturated carbocycles. The van der Waals surface area contributed by atoms with E-state index < -0.39 is 0 Å². The van der Waals surface area contributed by atoms with E-state index in [2.05, 4.69) is 4.98 Å². The Morgan fingerprint density at radius 2 is 2.17 bits per heavy atom. The predicted molar refractivity (Wildman–Crippen MR) is 86.4 cm³/mol. The fourth-order valence-electron chi connectivity index (χ4n) is 3.45. The molecule has 1 spiro atoms. The van der Waals surface area contributed by atoms with E-state index in [0.29, 0.717) is 31.9 Å². The van der Waals surface area contributed by atoms with Gasteiger partial charge in [0.25, 0.3) is 5.91 Å². The zero-order valence-electron chi connectivity index (χ0n) is 13.0. The Hall–Kier alpha value is -1.98. The topological polar surface area (TPSA) is 51.7 Å². The number of hydrogen-bond donors (Lipinski definition) is 0. The lowest BCUT2D eigenvalue weighted by molar-refractivity contribution is -0.160. The van der Waals surface area contributed by atoms with Crippen LogP contribution in [0, 0.1) is 0 Å². The average Bonchev–Trinajstić information content (AvgIpc) is 2.61. The van der Waals surface area contributed by atoms with Crippen LogP contribution in [0.5, 0.6) is 0 Å². The monoisotopic (exact) mass is 312 g/mol. The number of morpholine rings is 1. The highest BCUT2D eigenvalue weighted by Crippen LogP contribution is 2.28. The Balaban J connectivity index is 1.57. The lowest BCUT2D eigenvalue weighted by Gasteiger charge is -2.44. The van der Waals surface area contributed by atoms with Gasteiger partial charge in [-0.05, 0) is 25.0 Å². The van der Waals surface area contributed by atoms with Gasteiger partial charge in [0.05, 0.1) is 30.8 Å². The minimum atomic E-state index is -0.323. The smallest absolute Gasteiger partial charge is 0.255 e. The second-order valence-electron chi connectivity index (χ2n) is 6.33. The summed E-state index contributed by atoms with van der Waals surface area (Å²) in [6.45, 7) is 3.14. The number of carbonyl (C=O) groups is 1. The van der Waals surface area contributed by atoms with Gasteiger partial charge in [-0.25, -0.2) is 0 Å². The maximum atomic E-state index is 12.9. The van der Waals surface area contributed by atoms with Crippen molar-refractivity contribution in [2.75, 3.05) is 32.9 Å². The van der Waals surface area contributed by atoms with Crippen LogP contribution in [0.4, 0.5) is 0 Å². The SMILES string of the molecule is O=C(c1cnc2ccccc2c1)N1CCOC2(CCCOC2)C1. The van der Waals surface area contributed by atoms with Crippen LogP contribution in [0.3, 0.4) is 0 Å². The first-order chi connectivity index (χ1) is 11.3. The first-order valence-electron chi connectivity index (χ1n) is 8.12. The summed E-state index contributed by atoms with van der Waals surface area (Å²) in [5.74, 6) is 0.0245. The molecule has 2 aliphatic heterocycles. The fourth-order valence-corrected chi connectivity index (χ4v) is 3.45. The highest BCUT2D eigenvalue weighted by atomic mass is 16.5. The van der Waals surface area contributed by atoms with Gasteiger partial charge in [0.2, 0.25) is 0 Å². The maximum Gasteiger partial charge on any atom is 0.255 e. The summed E-state index contributed by atoms with van der Waals surface area (Å²) < 4.78 is 11.5. The lowest BCUT2D eigenvalue weighted by Crippen LogP contribution is -2.57. The molecule has 23 heavy (non-hydrogen) atoms. The van der Waals surface area contributed by atoms with Gasteiger partial charge in [0.15, 0.2) is 0 Å². The lowest BCUT2D eigenvalue weighted by atomic mass is 9.94. The van der Waals surface area contributed by atoms with Crippen molar-refractivity contribution in [3.05, 3.63) is 42.1 Å². The molecule has 0 N–H and O–H groups in total. The molecular formula is C18H20N2O3. The number of ether oxygens (including phenoxy) is 2. The Kier molecular flexibility index (Phi) is 3.75. The van der Waals surface area contributed by atoms with Crippen LogP contribution in [0.1, 0.15) is 23.2 Å². The Morgan fingerprint density at radius 3 is 3.04 bits per heavy atom. The molecule has 1 amide bonds. The van der Waals surface area contributed by atoms with Gasteiger partial charge in [0, 0.05) is 24.7 Å². The number of nitrogens with zero attached hydrogens (tertiary/aromatic N) is 2. The van der Waals surface area contributed by atoms with Crippen molar-refractivity contribution >= 4 is 16.8 Å². The minimum absolute atomic E-state index is 0.0245. The van der Waals surface area contributed by atoms with Gasteiger partial charge in [-0.15, -0.1) is 0 Å². The molecule has 5 nitrogen and oxygen atoms in total. The van der Waals surface area contributed by atoms with Crippen LogP contribution in [-0.4, -0.2) is 54.3 Å². The van der Waals surface area contributed by atoms with E-state index in [1.54, 1.807) is 6.20 Å². The van der Waals surface area contributed by atoms with Crippen LogP contribution < -0.4 is 0 Å². The van der Waals surface area contributed by atoms with Crippen molar-refractivity contribution < 1.29 is 14.3 Å². The molecule has 1 aromatic heterocycles. The van der Waals surface area contributed by atoms with E-state index in [4.69, 9.17) is 9.47 Å². The van der Waals surface area contributed by atoms with Crippen molar-refractivity contribution in [3.8, 4) is 0 Å². The summed E-state index contributed by atoms with van der Waals surface area (Å²) in [6.07, 6.45) is 3.61. The van der Waals surface area contributed by atoms with E-state index >= 15 is 0 Å². The molecule has 3 heterocycles. The van der Waals surface area contributed by atoms with Crippen LogP contribution in [0.25, 0.3) is 10.9 Å². The van der Waals surface area contributed by atoms with Gasteiger partial charge in [-0.1, -0.05) is 18.2 Å². The maximum absolute atomic E-state index is 12.9. The number of pyridine rings is 1. The van der Waals surface area contributed by atoms with Crippen LogP contribution >= 0.6 is 0 Å². The summed E-state index contributed by atoms with van der Waals surface area (Å²) in [7, 11) is 0. The molecule has 2 fully saturated rings. The first kappa shape index (κ1) is 14.6. The van der Waals surface area contributed by atoms with Crippen molar-refractivity contribution in [2.45, 2.75) is 18.4 Å². The third-order valence-corrected chi connectivity index (χ3v) is 4.66. The molecule has 5 heteroatoms. The molecule has 120 valence electrons. The number of hydrogen-bond acceptors (Lipinski definition) is 4. The molecule has 1 atom stereocenters. The zero-order valence-corrected chi connectivity index (χ0v) is 13.0. The third-order valence-electron chi connectivity index (χ3n) is 4.66. The standard InChI is InChI=1S/C18H20N2O3/c21-17(15-10-14-4-1-2-5-16(14)19-11-15)20-7-9-23-18(12-20)6-3-8-22-13-18/h1-2,4-5,10-11H,3,6-9,12-13H2. The van der Waals surface area contributed by atoms with Crippen LogP contribution in [-0.2, 0) is 9.47 Å². The second-order valence-corrected chi connectivity index (χ2v) is 6.33. The van der Waals surface area contributed by atoms with Crippen molar-refractivity contribution in [1.82, 2.24) is 9.88 Å². The number of para-hydroxylation sites is 1. The van der Waals surface area contributed by atoms with E-state index in [0.717, 1.165) is 30.4 Å². The zero-order chi connectivity index (χ0) is 15.7. The number of rotatable bonds is 1. The van der Waals surface area contributed by atoms with Gasteiger partial charge in [-0.2, -0.15) is 0 Å². The highest BCUT2D eigenvalue weighted by molar-refractivity contribution is 5.97. The van der Waals surface area contributed by atoms with Crippen LogP contribution in [0.2, 0.25) is 0 Å². The summed E-state index contributed by atoms with van der Waals surface area (Å²) in [6, 6.07) is 9.76. The normalized spacial score (nSPS) is 25.0. The fraction of sp³-hybridized carbons (Fsp3) is 0.444. The molecule has 1 unspecified atom stereocenters. The molecule has 4 rings (SSSR count). The van der Waals surface area contributed by atoms with E-state index in [1.165, 1.54) is 0 Å². The quantitative estimate of drug-likeness (QED) is 0.810. The van der Waals surface area contributed by atoms with Gasteiger partial charge in [-0.3, -0.25) is 9.78 Å². The predicted octanol–water partition coefficient (Wildman–Crippen LogP) is 2.26. The number of fused-ring (bicyclic) bond motifs is 1. The number of benzene rings is 1. The average molecular weight is 312 g/mol. The minimum Gasteiger partial charge on any atom is -0.378 e. The molecule has 0 bridgehead atoms. The van der Waals surface area contributed by atoms with Gasteiger partial charge < -0.3 is 14.4 Å². The molecular weight excluding hydrogens is 292 g/mol. The third kappa shape index (κ3) is 2.82. The Morgan fingerprint density at radius 1 is 1.26 bits per heavy atom. The summed E-state index contributed by atoms with van der Waals surface area (Å²) in [5.41, 5.74) is 1.22. The molecule has 2 aliphatic rings. The van der Waals surface area contributed by atoms with E-state index in [1.807, 2.05) is 35.2 Å². The van der Waals surface area contributed by atoms with Crippen molar-refractivity contribution in [2.24, 2.45) is 0 Å². The second kappa shape index (κ2) is 5.91. The largest absolute Gasteiger partial charge is 0.378 e. The summed E-state index contributed by atoms with van der Waals surface area (Å²) in [4.78, 5) is 19.1. The molecule has 2 saturated heterocycles. The van der Waals surface area contributed by atoms with Crippen molar-refractivity contribution in [3.63, 3.8) is 0 Å². The van der Waals surface area contributed by atoms with Crippen molar-refractivity contribution in [1.29, 1.82) is 0 Å². The van der Waals surface area contributed by atoms with E-state index in [9.17, 15) is 4.79 Å². The molecule has 2 aromatic rings. The molecule has 0 aliphatic carbocycles. The first-order valence-corrected chi connectivity index (χ1v) is 8.12. The Labute approximate surface area is 135 Å². The number of aromatic nitrogens is 1. The summed E-state index contributed by atoms with van der Waals surface area (Å²) in [5, 5.41) is 0.988. The number of amides is 1. The molecule has 1 aromatic carbocycles. The highest BCUT2D eigenvalue weighted by Gasteiger charge is 2.40. The van der Waals surface area contributed by atoms with Crippen LogP contribution in [0.15, 0.2) is 36.5 Å². The number of carbonyl (C=O) groups excluding carboxylic acids is 1. The van der Waals surface area contributed by atoms with Gasteiger partial charge >= 0.3 is 0 Å².